The van der Waals surface area contributed by atoms with Gasteiger partial charge >= 0.3 is 0 Å². The van der Waals surface area contributed by atoms with Crippen LogP contribution in [0.25, 0.3) is 10.9 Å². The SMILES string of the molecule is CCOCCn1ccc2cc(CC(N)CC)ccc21. The first-order valence-corrected chi connectivity index (χ1v) is 7.15. The fourth-order valence-corrected chi connectivity index (χ4v) is 2.33. The number of fused-ring (bicyclic) bond motifs is 1. The van der Waals surface area contributed by atoms with Crippen molar-refractivity contribution in [1.82, 2.24) is 4.57 Å². The zero-order valence-corrected chi connectivity index (χ0v) is 11.9. The van der Waals surface area contributed by atoms with E-state index in [0.29, 0.717) is 0 Å². The molecule has 0 aliphatic rings. The number of hydrogen-bond acceptors (Lipinski definition) is 2. The van der Waals surface area contributed by atoms with E-state index in [1.807, 2.05) is 6.92 Å². The van der Waals surface area contributed by atoms with Crippen LogP contribution in [0, 0.1) is 0 Å². The highest BCUT2D eigenvalue weighted by Crippen LogP contribution is 2.18. The van der Waals surface area contributed by atoms with Crippen LogP contribution < -0.4 is 5.73 Å². The van der Waals surface area contributed by atoms with Crippen LogP contribution in [0.3, 0.4) is 0 Å². The Balaban J connectivity index is 2.12. The van der Waals surface area contributed by atoms with E-state index in [1.165, 1.54) is 16.5 Å². The first-order chi connectivity index (χ1) is 9.24. The van der Waals surface area contributed by atoms with Crippen molar-refractivity contribution in [3.05, 3.63) is 36.0 Å². The summed E-state index contributed by atoms with van der Waals surface area (Å²) < 4.78 is 7.65. The van der Waals surface area contributed by atoms with E-state index in [-0.39, 0.29) is 6.04 Å². The summed E-state index contributed by atoms with van der Waals surface area (Å²) in [6.07, 6.45) is 4.11. The molecule has 0 aliphatic carbocycles. The number of nitrogens with two attached hydrogens (primary N) is 1. The van der Waals surface area contributed by atoms with Gasteiger partial charge in [-0.1, -0.05) is 13.0 Å². The molecule has 1 atom stereocenters. The minimum atomic E-state index is 0.262. The van der Waals surface area contributed by atoms with Gasteiger partial charge in [-0.2, -0.15) is 0 Å². The number of benzene rings is 1. The number of hydrogen-bond donors (Lipinski definition) is 1. The molecule has 19 heavy (non-hydrogen) atoms. The Morgan fingerprint density at radius 1 is 1.26 bits per heavy atom. The van der Waals surface area contributed by atoms with Crippen LogP contribution in [-0.4, -0.2) is 23.8 Å². The van der Waals surface area contributed by atoms with Crippen molar-refractivity contribution < 1.29 is 4.74 Å². The van der Waals surface area contributed by atoms with E-state index in [1.54, 1.807) is 0 Å². The van der Waals surface area contributed by atoms with Crippen molar-refractivity contribution in [3.8, 4) is 0 Å². The smallest absolute Gasteiger partial charge is 0.0645 e. The highest BCUT2D eigenvalue weighted by atomic mass is 16.5. The second-order valence-electron chi connectivity index (χ2n) is 4.97. The van der Waals surface area contributed by atoms with E-state index in [4.69, 9.17) is 10.5 Å². The largest absolute Gasteiger partial charge is 0.380 e. The first-order valence-electron chi connectivity index (χ1n) is 7.15. The van der Waals surface area contributed by atoms with Crippen LogP contribution in [0.5, 0.6) is 0 Å². The quantitative estimate of drug-likeness (QED) is 0.777. The number of rotatable bonds is 7. The lowest BCUT2D eigenvalue weighted by Crippen LogP contribution is -2.21. The number of ether oxygens (including phenoxy) is 1. The summed E-state index contributed by atoms with van der Waals surface area (Å²) in [7, 11) is 0. The van der Waals surface area contributed by atoms with E-state index in [9.17, 15) is 0 Å². The maximum absolute atomic E-state index is 6.01. The van der Waals surface area contributed by atoms with Crippen molar-refractivity contribution in [2.45, 2.75) is 39.3 Å². The molecule has 0 saturated carbocycles. The third-order valence-corrected chi connectivity index (χ3v) is 3.54. The fourth-order valence-electron chi connectivity index (χ4n) is 2.33. The zero-order chi connectivity index (χ0) is 13.7. The molecule has 2 rings (SSSR count). The van der Waals surface area contributed by atoms with Gasteiger partial charge in [0.15, 0.2) is 0 Å². The monoisotopic (exact) mass is 260 g/mol. The first kappa shape index (κ1) is 14.1. The van der Waals surface area contributed by atoms with Crippen LogP contribution >= 0.6 is 0 Å². The predicted molar refractivity (Wildman–Crippen MR) is 80.4 cm³/mol. The molecule has 1 unspecified atom stereocenters. The Morgan fingerprint density at radius 3 is 2.84 bits per heavy atom. The zero-order valence-electron chi connectivity index (χ0n) is 11.9. The third kappa shape index (κ3) is 3.58. The second-order valence-corrected chi connectivity index (χ2v) is 4.97. The van der Waals surface area contributed by atoms with Crippen molar-refractivity contribution in [2.24, 2.45) is 5.73 Å². The molecule has 1 aromatic heterocycles. The van der Waals surface area contributed by atoms with Gasteiger partial charge in [-0.3, -0.25) is 0 Å². The molecule has 0 bridgehead atoms. The standard InChI is InChI=1S/C16H24N2O/c1-3-15(17)12-13-5-6-16-14(11-13)7-8-18(16)9-10-19-4-2/h5-8,11,15H,3-4,9-10,12,17H2,1-2H3. The number of aromatic nitrogens is 1. The molecule has 0 spiro atoms. The molecule has 3 heteroatoms. The lowest BCUT2D eigenvalue weighted by Gasteiger charge is -2.09. The maximum Gasteiger partial charge on any atom is 0.0645 e. The summed E-state index contributed by atoms with van der Waals surface area (Å²) in [6.45, 7) is 6.61. The van der Waals surface area contributed by atoms with Crippen LogP contribution in [0.1, 0.15) is 25.8 Å². The van der Waals surface area contributed by atoms with Gasteiger partial charge in [-0.15, -0.1) is 0 Å². The summed E-state index contributed by atoms with van der Waals surface area (Å²) >= 11 is 0. The Hall–Kier alpha value is -1.32. The van der Waals surface area contributed by atoms with Gasteiger partial charge in [-0.05, 0) is 48.9 Å². The van der Waals surface area contributed by atoms with Gasteiger partial charge in [-0.25, -0.2) is 0 Å². The summed E-state index contributed by atoms with van der Waals surface area (Å²) in [5.74, 6) is 0. The average Bonchev–Trinajstić information content (AvgIpc) is 2.81. The van der Waals surface area contributed by atoms with Crippen LogP contribution in [0.2, 0.25) is 0 Å². The van der Waals surface area contributed by atoms with Crippen LogP contribution in [-0.2, 0) is 17.7 Å². The normalized spacial score (nSPS) is 13.0. The maximum atomic E-state index is 6.01. The molecular weight excluding hydrogens is 236 g/mol. The molecule has 0 amide bonds. The average molecular weight is 260 g/mol. The topological polar surface area (TPSA) is 40.2 Å². The van der Waals surface area contributed by atoms with E-state index in [2.05, 4.69) is 42.0 Å². The molecule has 1 heterocycles. The third-order valence-electron chi connectivity index (χ3n) is 3.54. The number of nitrogens with zero attached hydrogens (tertiary/aromatic N) is 1. The van der Waals surface area contributed by atoms with Crippen LogP contribution in [0.15, 0.2) is 30.5 Å². The Kier molecular flexibility index (Phi) is 5.00. The highest BCUT2D eigenvalue weighted by Gasteiger charge is 2.05. The van der Waals surface area contributed by atoms with Gasteiger partial charge in [0.25, 0.3) is 0 Å². The molecule has 0 radical (unpaired) electrons. The van der Waals surface area contributed by atoms with Crippen molar-refractivity contribution in [2.75, 3.05) is 13.2 Å². The Bertz CT molecular complexity index is 518. The molecule has 2 aromatic rings. The van der Waals surface area contributed by atoms with Gasteiger partial charge < -0.3 is 15.0 Å². The van der Waals surface area contributed by atoms with Gasteiger partial charge in [0.05, 0.1) is 6.61 Å². The van der Waals surface area contributed by atoms with Gasteiger partial charge in [0, 0.05) is 30.9 Å². The molecule has 3 nitrogen and oxygen atoms in total. The summed E-state index contributed by atoms with van der Waals surface area (Å²) in [5, 5.41) is 1.29. The lowest BCUT2D eigenvalue weighted by atomic mass is 10.0. The Labute approximate surface area is 115 Å². The minimum absolute atomic E-state index is 0.262. The van der Waals surface area contributed by atoms with Crippen LogP contribution in [0.4, 0.5) is 0 Å². The fraction of sp³-hybridized carbons (Fsp3) is 0.500. The molecule has 0 aliphatic heterocycles. The molecular formula is C16H24N2O. The summed E-state index contributed by atoms with van der Waals surface area (Å²) in [6, 6.07) is 9.07. The minimum Gasteiger partial charge on any atom is -0.380 e. The molecule has 1 aromatic carbocycles. The second kappa shape index (κ2) is 6.73. The van der Waals surface area contributed by atoms with E-state index < -0.39 is 0 Å². The van der Waals surface area contributed by atoms with E-state index in [0.717, 1.165) is 32.6 Å². The molecule has 0 saturated heterocycles. The van der Waals surface area contributed by atoms with Crippen molar-refractivity contribution in [1.29, 1.82) is 0 Å². The van der Waals surface area contributed by atoms with Gasteiger partial charge in [0.2, 0.25) is 0 Å². The van der Waals surface area contributed by atoms with Gasteiger partial charge in [0.1, 0.15) is 0 Å². The Morgan fingerprint density at radius 2 is 2.11 bits per heavy atom. The molecule has 104 valence electrons. The van der Waals surface area contributed by atoms with E-state index >= 15 is 0 Å². The van der Waals surface area contributed by atoms with Crippen molar-refractivity contribution >= 4 is 10.9 Å². The lowest BCUT2D eigenvalue weighted by molar-refractivity contribution is 0.140. The predicted octanol–water partition coefficient (Wildman–Crippen LogP) is 2.96. The molecule has 0 fully saturated rings. The summed E-state index contributed by atoms with van der Waals surface area (Å²) in [4.78, 5) is 0. The highest BCUT2D eigenvalue weighted by molar-refractivity contribution is 5.80. The molecule has 2 N–H and O–H groups in total. The van der Waals surface area contributed by atoms with Crippen molar-refractivity contribution in [3.63, 3.8) is 0 Å². The summed E-state index contributed by atoms with van der Waals surface area (Å²) in [5.41, 5.74) is 8.61.